The fourth-order valence-corrected chi connectivity index (χ4v) is 3.30. The Labute approximate surface area is 174 Å². The van der Waals surface area contributed by atoms with Crippen molar-refractivity contribution in [2.24, 2.45) is 0 Å². The monoisotopic (exact) mass is 453 g/mol. The molecule has 4 rings (SSSR count). The van der Waals surface area contributed by atoms with Crippen LogP contribution in [0.4, 0.5) is 10.5 Å². The van der Waals surface area contributed by atoms with E-state index in [-0.39, 0.29) is 5.91 Å². The minimum atomic E-state index is -1.19. The summed E-state index contributed by atoms with van der Waals surface area (Å²) in [5.74, 6) is -0.780. The Balaban J connectivity index is 1.53. The van der Waals surface area contributed by atoms with Crippen LogP contribution in [0.25, 0.3) is 5.69 Å². The van der Waals surface area contributed by atoms with Gasteiger partial charge in [-0.1, -0.05) is 28.1 Å². The highest BCUT2D eigenvalue weighted by atomic mass is 79.9. The van der Waals surface area contributed by atoms with Crippen LogP contribution in [0, 0.1) is 0 Å². The Morgan fingerprint density at radius 3 is 2.62 bits per heavy atom. The van der Waals surface area contributed by atoms with Crippen molar-refractivity contribution >= 4 is 39.5 Å². The van der Waals surface area contributed by atoms with Crippen LogP contribution in [0.3, 0.4) is 0 Å². The molecule has 1 aliphatic heterocycles. The number of carbonyl (C=O) groups excluding carboxylic acids is 3. The molecule has 3 aromatic rings. The lowest BCUT2D eigenvalue weighted by Crippen LogP contribution is -2.40. The second-order valence-electron chi connectivity index (χ2n) is 6.72. The first kappa shape index (κ1) is 18.9. The second-order valence-corrected chi connectivity index (χ2v) is 7.63. The first-order valence-corrected chi connectivity index (χ1v) is 9.50. The smallest absolute Gasteiger partial charge is 0.322 e. The quantitative estimate of drug-likeness (QED) is 0.528. The lowest BCUT2D eigenvalue weighted by molar-refractivity contribution is -0.123. The number of halogens is 1. The van der Waals surface area contributed by atoms with Gasteiger partial charge in [0.15, 0.2) is 0 Å². The highest BCUT2D eigenvalue weighted by Gasteiger charge is 2.43. The number of benzene rings is 2. The molecule has 0 aliphatic carbocycles. The number of imide groups is 1. The summed E-state index contributed by atoms with van der Waals surface area (Å²) in [4.78, 5) is 36.2. The average molecular weight is 454 g/mol. The molecule has 0 spiro atoms. The van der Waals surface area contributed by atoms with E-state index in [4.69, 9.17) is 0 Å². The zero-order valence-electron chi connectivity index (χ0n) is 15.3. The zero-order valence-corrected chi connectivity index (χ0v) is 16.9. The van der Waals surface area contributed by atoms with E-state index < -0.39 is 17.5 Å². The number of hydrogen-bond donors (Lipinski definition) is 3. The maximum atomic E-state index is 12.6. The van der Waals surface area contributed by atoms with Gasteiger partial charge in [0.05, 0.1) is 17.4 Å². The Hall–Kier alpha value is -3.46. The van der Waals surface area contributed by atoms with Gasteiger partial charge in [-0.05, 0) is 48.9 Å². The van der Waals surface area contributed by atoms with Crippen molar-refractivity contribution in [1.82, 2.24) is 20.4 Å². The van der Waals surface area contributed by atoms with Crippen molar-refractivity contribution in [3.05, 3.63) is 76.5 Å². The van der Waals surface area contributed by atoms with Gasteiger partial charge in [0.2, 0.25) is 0 Å². The minimum absolute atomic E-state index is 0.337. The van der Waals surface area contributed by atoms with Crippen LogP contribution < -0.4 is 16.0 Å². The summed E-state index contributed by atoms with van der Waals surface area (Å²) in [6, 6.07) is 13.8. The topological polar surface area (TPSA) is 105 Å². The van der Waals surface area contributed by atoms with Crippen molar-refractivity contribution in [3.8, 4) is 5.69 Å². The molecular weight excluding hydrogens is 438 g/mol. The normalized spacial score (nSPS) is 18.3. The molecule has 0 saturated carbocycles. The maximum absolute atomic E-state index is 12.6. The number of carbonyl (C=O) groups is 3. The molecule has 1 aliphatic rings. The molecule has 8 nitrogen and oxygen atoms in total. The van der Waals surface area contributed by atoms with Gasteiger partial charge in [0, 0.05) is 16.4 Å². The highest BCUT2D eigenvalue weighted by Crippen LogP contribution is 2.26. The molecule has 2 heterocycles. The van der Waals surface area contributed by atoms with Gasteiger partial charge in [-0.2, -0.15) is 5.10 Å². The van der Waals surface area contributed by atoms with E-state index >= 15 is 0 Å². The largest absolute Gasteiger partial charge is 0.322 e. The predicted molar refractivity (Wildman–Crippen MR) is 110 cm³/mol. The molecule has 1 atom stereocenters. The summed E-state index contributed by atoms with van der Waals surface area (Å²) in [6.45, 7) is 1.61. The van der Waals surface area contributed by atoms with E-state index in [1.54, 1.807) is 42.1 Å². The SMILES string of the molecule is CC1(c2cccc(NC(=O)c3cnn(-c4ccc(Br)cc4)c3)c2)NC(=O)NC1=O. The van der Waals surface area contributed by atoms with Crippen molar-refractivity contribution in [2.75, 3.05) is 5.32 Å². The summed E-state index contributed by atoms with van der Waals surface area (Å²) in [7, 11) is 0. The van der Waals surface area contributed by atoms with Crippen LogP contribution in [0.2, 0.25) is 0 Å². The molecule has 2 aromatic carbocycles. The lowest BCUT2D eigenvalue weighted by atomic mass is 9.92. The molecule has 0 radical (unpaired) electrons. The summed E-state index contributed by atoms with van der Waals surface area (Å²) < 4.78 is 2.56. The van der Waals surface area contributed by atoms with Crippen LogP contribution in [0.15, 0.2) is 65.4 Å². The number of anilines is 1. The Bertz CT molecular complexity index is 1130. The molecule has 4 amide bonds. The molecule has 3 N–H and O–H groups in total. The standard InChI is InChI=1S/C20H16BrN5O3/c1-20(18(28)24-19(29)25-20)13-3-2-4-15(9-13)23-17(27)12-10-22-26(11-12)16-7-5-14(21)6-8-16/h2-11H,1H3,(H,23,27)(H2,24,25,28,29). The molecular formula is C20H16BrN5O3. The van der Waals surface area contributed by atoms with Gasteiger partial charge in [-0.15, -0.1) is 0 Å². The lowest BCUT2D eigenvalue weighted by Gasteiger charge is -2.21. The van der Waals surface area contributed by atoms with E-state index in [1.807, 2.05) is 24.3 Å². The first-order chi connectivity index (χ1) is 13.8. The molecule has 29 heavy (non-hydrogen) atoms. The van der Waals surface area contributed by atoms with Gasteiger partial charge >= 0.3 is 6.03 Å². The molecule has 1 aromatic heterocycles. The minimum Gasteiger partial charge on any atom is -0.322 e. The maximum Gasteiger partial charge on any atom is 0.322 e. The van der Waals surface area contributed by atoms with E-state index in [9.17, 15) is 14.4 Å². The van der Waals surface area contributed by atoms with Crippen LogP contribution in [0.1, 0.15) is 22.8 Å². The van der Waals surface area contributed by atoms with E-state index in [1.165, 1.54) is 6.20 Å². The number of nitrogens with zero attached hydrogens (tertiary/aromatic N) is 2. The third-order valence-corrected chi connectivity index (χ3v) is 5.21. The highest BCUT2D eigenvalue weighted by molar-refractivity contribution is 9.10. The number of amides is 4. The van der Waals surface area contributed by atoms with Gasteiger partial charge in [0.25, 0.3) is 11.8 Å². The van der Waals surface area contributed by atoms with Crippen LogP contribution in [-0.2, 0) is 10.3 Å². The van der Waals surface area contributed by atoms with E-state index in [2.05, 4.69) is 37.0 Å². The number of hydrogen-bond acceptors (Lipinski definition) is 4. The van der Waals surface area contributed by atoms with E-state index in [0.29, 0.717) is 16.8 Å². The van der Waals surface area contributed by atoms with Gasteiger partial charge in [0.1, 0.15) is 5.54 Å². The first-order valence-electron chi connectivity index (χ1n) is 8.71. The van der Waals surface area contributed by atoms with Crippen LogP contribution in [0.5, 0.6) is 0 Å². The number of rotatable bonds is 4. The average Bonchev–Trinajstić information content (AvgIpc) is 3.28. The number of nitrogens with one attached hydrogen (secondary N) is 3. The van der Waals surface area contributed by atoms with Gasteiger partial charge in [-0.3, -0.25) is 14.9 Å². The molecule has 1 saturated heterocycles. The summed E-state index contributed by atoms with van der Waals surface area (Å²) >= 11 is 3.38. The third-order valence-electron chi connectivity index (χ3n) is 4.68. The number of urea groups is 1. The van der Waals surface area contributed by atoms with Crippen molar-refractivity contribution in [3.63, 3.8) is 0 Å². The van der Waals surface area contributed by atoms with Crippen molar-refractivity contribution in [2.45, 2.75) is 12.5 Å². The Kier molecular flexibility index (Phi) is 4.67. The summed E-state index contributed by atoms with van der Waals surface area (Å²) in [6.07, 6.45) is 3.11. The third kappa shape index (κ3) is 3.64. The van der Waals surface area contributed by atoms with Gasteiger partial charge < -0.3 is 10.6 Å². The van der Waals surface area contributed by atoms with Crippen molar-refractivity contribution in [1.29, 1.82) is 0 Å². The summed E-state index contributed by atoms with van der Waals surface area (Å²) in [5, 5.41) is 11.9. The van der Waals surface area contributed by atoms with Gasteiger partial charge in [-0.25, -0.2) is 9.48 Å². The molecule has 0 bridgehead atoms. The van der Waals surface area contributed by atoms with Crippen LogP contribution >= 0.6 is 15.9 Å². The number of aromatic nitrogens is 2. The fourth-order valence-electron chi connectivity index (χ4n) is 3.03. The second kappa shape index (κ2) is 7.17. The summed E-state index contributed by atoms with van der Waals surface area (Å²) in [5.41, 5.74) is 1.08. The van der Waals surface area contributed by atoms with Crippen LogP contribution in [-0.4, -0.2) is 27.6 Å². The predicted octanol–water partition coefficient (Wildman–Crippen LogP) is 2.94. The Morgan fingerprint density at radius 2 is 1.93 bits per heavy atom. The Morgan fingerprint density at radius 1 is 1.17 bits per heavy atom. The van der Waals surface area contributed by atoms with Crippen molar-refractivity contribution < 1.29 is 14.4 Å². The molecule has 146 valence electrons. The molecule has 1 unspecified atom stereocenters. The fraction of sp³-hybridized carbons (Fsp3) is 0.100. The molecule has 1 fully saturated rings. The zero-order chi connectivity index (χ0) is 20.6. The molecule has 9 heteroatoms. The van der Waals surface area contributed by atoms with E-state index in [0.717, 1.165) is 10.2 Å².